The molecule has 114 valence electrons. The van der Waals surface area contributed by atoms with Crippen molar-refractivity contribution >= 4 is 11.7 Å². The van der Waals surface area contributed by atoms with Crippen LogP contribution in [0.5, 0.6) is 11.5 Å². The zero-order chi connectivity index (χ0) is 16.3. The highest BCUT2D eigenvalue weighted by Gasteiger charge is 2.18. The molecule has 0 spiro atoms. The van der Waals surface area contributed by atoms with Crippen molar-refractivity contribution in [2.24, 2.45) is 0 Å². The molecule has 2 rings (SSSR count). The molecule has 0 heterocycles. The Morgan fingerprint density at radius 2 is 1.68 bits per heavy atom. The van der Waals surface area contributed by atoms with Crippen LogP contribution in [-0.4, -0.2) is 30.2 Å². The minimum Gasteiger partial charge on any atom is -0.497 e. The lowest BCUT2D eigenvalue weighted by atomic mass is 9.98. The fourth-order valence-corrected chi connectivity index (χ4v) is 2.03. The number of hydrogen-bond acceptors (Lipinski definition) is 5. The van der Waals surface area contributed by atoms with E-state index in [0.29, 0.717) is 17.1 Å². The molecule has 22 heavy (non-hydrogen) atoms. The smallest absolute Gasteiger partial charge is 0.336 e. The Morgan fingerprint density at radius 3 is 2.14 bits per heavy atom. The second-order valence-electron chi connectivity index (χ2n) is 4.39. The summed E-state index contributed by atoms with van der Waals surface area (Å²) < 4.78 is 10.3. The minimum atomic E-state index is -1.17. The summed E-state index contributed by atoms with van der Waals surface area (Å²) in [6, 6.07) is 8.40. The van der Waals surface area contributed by atoms with Crippen molar-refractivity contribution in [1.82, 2.24) is 0 Å². The predicted molar refractivity (Wildman–Crippen MR) is 78.6 cm³/mol. The molecule has 0 radical (unpaired) electrons. The largest absolute Gasteiger partial charge is 0.497 e. The van der Waals surface area contributed by atoms with Crippen LogP contribution in [0.15, 0.2) is 36.4 Å². The molecule has 0 aliphatic heterocycles. The average Bonchev–Trinajstić information content (AvgIpc) is 2.53. The number of hydrogen-bond donors (Lipinski definition) is 1. The van der Waals surface area contributed by atoms with E-state index in [-0.39, 0.29) is 16.8 Å². The lowest BCUT2D eigenvalue weighted by molar-refractivity contribution is -0.384. The third-order valence-corrected chi connectivity index (χ3v) is 3.11. The Labute approximate surface area is 125 Å². The van der Waals surface area contributed by atoms with Crippen LogP contribution in [0.25, 0.3) is 11.1 Å². The summed E-state index contributed by atoms with van der Waals surface area (Å²) >= 11 is 0. The molecule has 0 saturated heterocycles. The van der Waals surface area contributed by atoms with Crippen molar-refractivity contribution in [3.63, 3.8) is 0 Å². The fraction of sp³-hybridized carbons (Fsp3) is 0.133. The molecular weight excluding hydrogens is 290 g/mol. The van der Waals surface area contributed by atoms with Crippen LogP contribution in [0, 0.1) is 10.1 Å². The predicted octanol–water partition coefficient (Wildman–Crippen LogP) is 2.98. The topological polar surface area (TPSA) is 98.9 Å². The van der Waals surface area contributed by atoms with Crippen molar-refractivity contribution in [3.8, 4) is 22.6 Å². The highest BCUT2D eigenvalue weighted by molar-refractivity contribution is 5.97. The first kappa shape index (κ1) is 15.3. The maximum absolute atomic E-state index is 11.4. The van der Waals surface area contributed by atoms with Gasteiger partial charge in [0, 0.05) is 23.8 Å². The Balaban J connectivity index is 2.71. The van der Waals surface area contributed by atoms with Crippen molar-refractivity contribution in [3.05, 3.63) is 52.1 Å². The maximum atomic E-state index is 11.4. The molecule has 7 nitrogen and oxygen atoms in total. The number of carboxylic acids is 1. The molecule has 2 aromatic carbocycles. The van der Waals surface area contributed by atoms with E-state index in [1.165, 1.54) is 26.4 Å². The van der Waals surface area contributed by atoms with Crippen LogP contribution in [-0.2, 0) is 0 Å². The molecule has 0 aliphatic carbocycles. The van der Waals surface area contributed by atoms with Crippen molar-refractivity contribution in [2.45, 2.75) is 0 Å². The molecular formula is C15H13NO6. The number of nitro benzene ring substituents is 1. The molecule has 0 aromatic heterocycles. The van der Waals surface area contributed by atoms with Crippen LogP contribution in [0.3, 0.4) is 0 Å². The molecule has 0 amide bonds. The molecule has 0 saturated carbocycles. The van der Waals surface area contributed by atoms with Gasteiger partial charge in [-0.05, 0) is 23.8 Å². The Kier molecular flexibility index (Phi) is 4.26. The van der Waals surface area contributed by atoms with Gasteiger partial charge in [0.2, 0.25) is 0 Å². The first-order chi connectivity index (χ1) is 10.5. The number of nitrogens with zero attached hydrogens (tertiary/aromatic N) is 1. The second kappa shape index (κ2) is 6.13. The van der Waals surface area contributed by atoms with Crippen LogP contribution < -0.4 is 9.47 Å². The summed E-state index contributed by atoms with van der Waals surface area (Å²) in [6.07, 6.45) is 0. The number of ether oxygens (including phenoxy) is 2. The van der Waals surface area contributed by atoms with E-state index >= 15 is 0 Å². The quantitative estimate of drug-likeness (QED) is 0.673. The summed E-state index contributed by atoms with van der Waals surface area (Å²) in [7, 11) is 2.92. The van der Waals surface area contributed by atoms with E-state index in [1.807, 2.05) is 0 Å². The van der Waals surface area contributed by atoms with Gasteiger partial charge in [0.05, 0.1) is 24.7 Å². The van der Waals surface area contributed by atoms with Gasteiger partial charge in [0.15, 0.2) is 0 Å². The molecule has 2 aromatic rings. The second-order valence-corrected chi connectivity index (χ2v) is 4.39. The zero-order valence-corrected chi connectivity index (χ0v) is 11.9. The first-order valence-electron chi connectivity index (χ1n) is 6.21. The van der Waals surface area contributed by atoms with Gasteiger partial charge < -0.3 is 14.6 Å². The highest BCUT2D eigenvalue weighted by Crippen LogP contribution is 2.33. The van der Waals surface area contributed by atoms with E-state index in [1.54, 1.807) is 18.2 Å². The lowest BCUT2D eigenvalue weighted by Crippen LogP contribution is -2.01. The average molecular weight is 303 g/mol. The number of carboxylic acid groups (broad SMARTS) is 1. The molecule has 7 heteroatoms. The molecule has 0 bridgehead atoms. The molecule has 0 aliphatic rings. The lowest BCUT2D eigenvalue weighted by Gasteiger charge is -2.10. The SMILES string of the molecule is COc1cc(OC)cc(-c2cc([N+](=O)[O-])ccc2C(=O)O)c1. The summed E-state index contributed by atoms with van der Waals surface area (Å²) in [5.41, 5.74) is 0.443. The molecule has 0 unspecified atom stereocenters. The van der Waals surface area contributed by atoms with Gasteiger partial charge in [-0.2, -0.15) is 0 Å². The normalized spacial score (nSPS) is 10.1. The van der Waals surface area contributed by atoms with Gasteiger partial charge >= 0.3 is 5.97 Å². The van der Waals surface area contributed by atoms with Gasteiger partial charge in [-0.1, -0.05) is 0 Å². The Bertz CT molecular complexity index is 719. The summed E-state index contributed by atoms with van der Waals surface area (Å²) in [6.45, 7) is 0. The standard InChI is InChI=1S/C15H13NO6/c1-21-11-5-9(6-12(8-11)22-2)14-7-10(16(19)20)3-4-13(14)15(17)18/h3-8H,1-2H3,(H,17,18). The summed E-state index contributed by atoms with van der Waals surface area (Å²) in [5, 5.41) is 20.2. The monoisotopic (exact) mass is 303 g/mol. The fourth-order valence-electron chi connectivity index (χ4n) is 2.03. The van der Waals surface area contributed by atoms with Crippen molar-refractivity contribution in [2.75, 3.05) is 14.2 Å². The number of rotatable bonds is 5. The first-order valence-corrected chi connectivity index (χ1v) is 6.21. The summed E-state index contributed by atoms with van der Waals surface area (Å²) in [5.74, 6) is -0.263. The van der Waals surface area contributed by atoms with Crippen molar-refractivity contribution < 1.29 is 24.3 Å². The van der Waals surface area contributed by atoms with Crippen LogP contribution in [0.1, 0.15) is 10.4 Å². The van der Waals surface area contributed by atoms with E-state index in [0.717, 1.165) is 6.07 Å². The van der Waals surface area contributed by atoms with Crippen LogP contribution >= 0.6 is 0 Å². The van der Waals surface area contributed by atoms with E-state index < -0.39 is 10.9 Å². The third kappa shape index (κ3) is 2.98. The van der Waals surface area contributed by atoms with Crippen LogP contribution in [0.2, 0.25) is 0 Å². The van der Waals surface area contributed by atoms with Gasteiger partial charge in [-0.3, -0.25) is 10.1 Å². The zero-order valence-electron chi connectivity index (χ0n) is 11.9. The number of benzene rings is 2. The minimum absolute atomic E-state index is 0.0408. The number of nitro groups is 1. The Morgan fingerprint density at radius 1 is 1.09 bits per heavy atom. The molecule has 0 atom stereocenters. The highest BCUT2D eigenvalue weighted by atomic mass is 16.6. The van der Waals surface area contributed by atoms with Gasteiger partial charge in [-0.25, -0.2) is 4.79 Å². The van der Waals surface area contributed by atoms with Gasteiger partial charge in [0.1, 0.15) is 11.5 Å². The number of non-ortho nitro benzene ring substituents is 1. The molecule has 0 fully saturated rings. The maximum Gasteiger partial charge on any atom is 0.336 e. The van der Waals surface area contributed by atoms with E-state index in [2.05, 4.69) is 0 Å². The number of aromatic carboxylic acids is 1. The number of methoxy groups -OCH3 is 2. The molecule has 1 N–H and O–H groups in total. The van der Waals surface area contributed by atoms with Crippen LogP contribution in [0.4, 0.5) is 5.69 Å². The number of carbonyl (C=O) groups is 1. The van der Waals surface area contributed by atoms with E-state index in [4.69, 9.17) is 9.47 Å². The van der Waals surface area contributed by atoms with Gasteiger partial charge in [-0.15, -0.1) is 0 Å². The Hall–Kier alpha value is -3.09. The van der Waals surface area contributed by atoms with E-state index in [9.17, 15) is 20.0 Å². The summed E-state index contributed by atoms with van der Waals surface area (Å²) in [4.78, 5) is 21.7. The van der Waals surface area contributed by atoms with Crippen molar-refractivity contribution in [1.29, 1.82) is 0 Å². The van der Waals surface area contributed by atoms with Gasteiger partial charge in [0.25, 0.3) is 5.69 Å². The third-order valence-electron chi connectivity index (χ3n) is 3.11.